The third-order valence-electron chi connectivity index (χ3n) is 3.92. The summed E-state index contributed by atoms with van der Waals surface area (Å²) in [5.41, 5.74) is 8.17. The number of hydrogen-bond acceptors (Lipinski definition) is 2. The van der Waals surface area contributed by atoms with Crippen molar-refractivity contribution >= 4 is 5.91 Å². The lowest BCUT2D eigenvalue weighted by Gasteiger charge is -2.21. The molecule has 0 heterocycles. The molecule has 0 saturated heterocycles. The third-order valence-corrected chi connectivity index (χ3v) is 3.92. The number of carbonyl (C=O) groups is 1. The zero-order valence-corrected chi connectivity index (χ0v) is 14.1. The second-order valence-electron chi connectivity index (χ2n) is 7.04. The highest BCUT2D eigenvalue weighted by atomic mass is 16.1. The molecule has 0 aromatic heterocycles. The molecule has 3 heteroatoms. The average molecular weight is 290 g/mol. The van der Waals surface area contributed by atoms with Crippen LogP contribution in [0.4, 0.5) is 0 Å². The summed E-state index contributed by atoms with van der Waals surface area (Å²) in [6.45, 7) is 11.3. The van der Waals surface area contributed by atoms with Crippen LogP contribution in [0.5, 0.6) is 0 Å². The van der Waals surface area contributed by atoms with Crippen molar-refractivity contribution in [1.82, 2.24) is 5.32 Å². The van der Waals surface area contributed by atoms with Crippen LogP contribution >= 0.6 is 0 Å². The summed E-state index contributed by atoms with van der Waals surface area (Å²) in [5, 5.41) is 3.05. The van der Waals surface area contributed by atoms with Gasteiger partial charge in [-0.15, -0.1) is 0 Å². The molecule has 2 unspecified atom stereocenters. The van der Waals surface area contributed by atoms with E-state index in [1.165, 1.54) is 5.56 Å². The van der Waals surface area contributed by atoms with Gasteiger partial charge in [0.2, 0.25) is 5.91 Å². The molecule has 0 aliphatic rings. The Morgan fingerprint density at radius 3 is 2.24 bits per heavy atom. The Morgan fingerprint density at radius 2 is 1.76 bits per heavy atom. The van der Waals surface area contributed by atoms with Gasteiger partial charge in [-0.1, -0.05) is 52.0 Å². The van der Waals surface area contributed by atoms with Gasteiger partial charge in [0, 0.05) is 6.42 Å². The maximum absolute atomic E-state index is 11.9. The molecule has 0 fully saturated rings. The molecule has 0 bridgehead atoms. The van der Waals surface area contributed by atoms with Gasteiger partial charge in [-0.2, -0.15) is 0 Å². The van der Waals surface area contributed by atoms with Gasteiger partial charge < -0.3 is 11.1 Å². The van der Waals surface area contributed by atoms with Gasteiger partial charge in [-0.3, -0.25) is 4.79 Å². The van der Waals surface area contributed by atoms with Crippen LogP contribution in [0.25, 0.3) is 0 Å². The molecule has 0 saturated carbocycles. The smallest absolute Gasteiger partial charge is 0.220 e. The van der Waals surface area contributed by atoms with Crippen molar-refractivity contribution in [2.24, 2.45) is 11.7 Å². The second kappa shape index (κ2) is 7.60. The highest BCUT2D eigenvalue weighted by Gasteiger charge is 2.15. The van der Waals surface area contributed by atoms with Crippen LogP contribution in [0.1, 0.15) is 64.6 Å². The standard InChI is InChI=1S/C18H30N2O/c1-13(12-19)6-11-17(21)20-14(2)15-7-9-16(10-8-15)18(3,4)5/h7-10,13-14H,6,11-12,19H2,1-5H3,(H,20,21). The van der Waals surface area contributed by atoms with Crippen LogP contribution in [0.15, 0.2) is 24.3 Å². The zero-order chi connectivity index (χ0) is 16.0. The molecule has 0 aliphatic heterocycles. The van der Waals surface area contributed by atoms with E-state index in [2.05, 4.69) is 57.3 Å². The molecule has 1 rings (SSSR count). The first-order valence-corrected chi connectivity index (χ1v) is 7.84. The molecule has 0 radical (unpaired) electrons. The molecule has 1 amide bonds. The fourth-order valence-electron chi connectivity index (χ4n) is 2.16. The summed E-state index contributed by atoms with van der Waals surface area (Å²) in [6.07, 6.45) is 1.39. The topological polar surface area (TPSA) is 55.1 Å². The van der Waals surface area contributed by atoms with Crippen LogP contribution in [0.3, 0.4) is 0 Å². The Bertz CT molecular complexity index is 445. The van der Waals surface area contributed by atoms with Gasteiger partial charge in [-0.25, -0.2) is 0 Å². The molecule has 0 aliphatic carbocycles. The number of benzene rings is 1. The quantitative estimate of drug-likeness (QED) is 0.842. The SMILES string of the molecule is CC(CN)CCC(=O)NC(C)c1ccc(C(C)(C)C)cc1. The van der Waals surface area contributed by atoms with Crippen molar-refractivity contribution < 1.29 is 4.79 Å². The number of carbonyl (C=O) groups excluding carboxylic acids is 1. The van der Waals surface area contributed by atoms with Crippen molar-refractivity contribution in [1.29, 1.82) is 0 Å². The minimum absolute atomic E-state index is 0.0414. The third kappa shape index (κ3) is 5.88. The second-order valence-corrected chi connectivity index (χ2v) is 7.04. The molecule has 3 N–H and O–H groups in total. The Balaban J connectivity index is 2.55. The lowest BCUT2D eigenvalue weighted by molar-refractivity contribution is -0.122. The fourth-order valence-corrected chi connectivity index (χ4v) is 2.16. The van der Waals surface area contributed by atoms with E-state index >= 15 is 0 Å². The van der Waals surface area contributed by atoms with Crippen molar-refractivity contribution in [3.8, 4) is 0 Å². The number of rotatable bonds is 6. The van der Waals surface area contributed by atoms with Crippen LogP contribution in [-0.4, -0.2) is 12.5 Å². The summed E-state index contributed by atoms with van der Waals surface area (Å²) < 4.78 is 0. The van der Waals surface area contributed by atoms with Crippen molar-refractivity contribution in [2.75, 3.05) is 6.54 Å². The average Bonchev–Trinajstić information content (AvgIpc) is 2.43. The molecule has 2 atom stereocenters. The highest BCUT2D eigenvalue weighted by Crippen LogP contribution is 2.23. The van der Waals surface area contributed by atoms with Crippen molar-refractivity contribution in [3.05, 3.63) is 35.4 Å². The predicted octanol–water partition coefficient (Wildman–Crippen LogP) is 3.54. The maximum Gasteiger partial charge on any atom is 0.220 e. The summed E-state index contributed by atoms with van der Waals surface area (Å²) in [4.78, 5) is 11.9. The highest BCUT2D eigenvalue weighted by molar-refractivity contribution is 5.76. The van der Waals surface area contributed by atoms with E-state index in [9.17, 15) is 4.79 Å². The minimum atomic E-state index is 0.0414. The van der Waals surface area contributed by atoms with Gasteiger partial charge in [-0.05, 0) is 42.3 Å². The van der Waals surface area contributed by atoms with E-state index in [0.717, 1.165) is 12.0 Å². The van der Waals surface area contributed by atoms with Gasteiger partial charge in [0.25, 0.3) is 0 Å². The van der Waals surface area contributed by atoms with Crippen LogP contribution < -0.4 is 11.1 Å². The predicted molar refractivity (Wildman–Crippen MR) is 89.2 cm³/mol. The van der Waals surface area contributed by atoms with Gasteiger partial charge in [0.05, 0.1) is 6.04 Å². The van der Waals surface area contributed by atoms with E-state index in [0.29, 0.717) is 18.9 Å². The molecule has 3 nitrogen and oxygen atoms in total. The monoisotopic (exact) mass is 290 g/mol. The van der Waals surface area contributed by atoms with Gasteiger partial charge in [0.15, 0.2) is 0 Å². The number of amides is 1. The first kappa shape index (κ1) is 17.7. The van der Waals surface area contributed by atoms with E-state index in [-0.39, 0.29) is 17.4 Å². The Kier molecular flexibility index (Phi) is 6.41. The molecule has 1 aromatic rings. The first-order chi connectivity index (χ1) is 9.74. The maximum atomic E-state index is 11.9. The lowest BCUT2D eigenvalue weighted by Crippen LogP contribution is -2.27. The summed E-state index contributed by atoms with van der Waals surface area (Å²) in [7, 11) is 0. The molecular weight excluding hydrogens is 260 g/mol. The Morgan fingerprint density at radius 1 is 1.19 bits per heavy atom. The van der Waals surface area contributed by atoms with Crippen LogP contribution in [0, 0.1) is 5.92 Å². The Labute approximate surface area is 129 Å². The fraction of sp³-hybridized carbons (Fsp3) is 0.611. The molecule has 118 valence electrons. The van der Waals surface area contributed by atoms with Crippen molar-refractivity contribution in [3.63, 3.8) is 0 Å². The summed E-state index contributed by atoms with van der Waals surface area (Å²) >= 11 is 0. The molecule has 21 heavy (non-hydrogen) atoms. The van der Waals surface area contributed by atoms with Gasteiger partial charge >= 0.3 is 0 Å². The Hall–Kier alpha value is -1.35. The van der Waals surface area contributed by atoms with Crippen molar-refractivity contribution in [2.45, 2.75) is 58.9 Å². The number of nitrogens with two attached hydrogens (primary N) is 1. The van der Waals surface area contributed by atoms with E-state index in [1.54, 1.807) is 0 Å². The summed E-state index contributed by atoms with van der Waals surface area (Å²) in [6, 6.07) is 8.55. The number of nitrogens with one attached hydrogen (secondary N) is 1. The largest absolute Gasteiger partial charge is 0.350 e. The zero-order valence-electron chi connectivity index (χ0n) is 14.1. The summed E-state index contributed by atoms with van der Waals surface area (Å²) in [5.74, 6) is 0.500. The van der Waals surface area contributed by atoms with Gasteiger partial charge in [0.1, 0.15) is 0 Å². The molecule has 1 aromatic carbocycles. The normalized spacial score (nSPS) is 14.6. The minimum Gasteiger partial charge on any atom is -0.350 e. The van der Waals surface area contributed by atoms with Crippen LogP contribution in [0.2, 0.25) is 0 Å². The van der Waals surface area contributed by atoms with E-state index < -0.39 is 0 Å². The van der Waals surface area contributed by atoms with E-state index in [4.69, 9.17) is 5.73 Å². The lowest BCUT2D eigenvalue weighted by atomic mass is 9.86. The molecular formula is C18H30N2O. The number of hydrogen-bond donors (Lipinski definition) is 2. The van der Waals surface area contributed by atoms with Crippen LogP contribution in [-0.2, 0) is 10.2 Å². The molecule has 0 spiro atoms. The van der Waals surface area contributed by atoms with E-state index in [1.807, 2.05) is 6.92 Å². The first-order valence-electron chi connectivity index (χ1n) is 7.84.